The van der Waals surface area contributed by atoms with Gasteiger partial charge in [0.2, 0.25) is 6.41 Å². The number of fused-ring (bicyclic) bond motifs is 1. The van der Waals surface area contributed by atoms with Crippen LogP contribution in [0.5, 0.6) is 0 Å². The van der Waals surface area contributed by atoms with Crippen molar-refractivity contribution in [3.63, 3.8) is 0 Å². The summed E-state index contributed by atoms with van der Waals surface area (Å²) in [6.45, 7) is 1.99. The van der Waals surface area contributed by atoms with E-state index in [0.717, 1.165) is 6.41 Å². The number of carboxylic acid groups (broad SMARTS) is 1. The van der Waals surface area contributed by atoms with E-state index < -0.39 is 12.0 Å². The molecule has 2 N–H and O–H groups in total. The Hall–Kier alpha value is -2.41. The smallest absolute Gasteiger partial charge is 0.325 e. The summed E-state index contributed by atoms with van der Waals surface area (Å²) in [5.74, 6) is -1.32. The van der Waals surface area contributed by atoms with Gasteiger partial charge in [-0.2, -0.15) is 0 Å². The third-order valence-corrected chi connectivity index (χ3v) is 4.07. The van der Waals surface area contributed by atoms with E-state index >= 15 is 0 Å². The highest BCUT2D eigenvalue weighted by Crippen LogP contribution is 2.29. The van der Waals surface area contributed by atoms with Gasteiger partial charge in [-0.15, -0.1) is 0 Å². The molecule has 2 heterocycles. The number of aromatic nitrogens is 1. The third-order valence-electron chi connectivity index (χ3n) is 4.07. The van der Waals surface area contributed by atoms with Gasteiger partial charge in [-0.1, -0.05) is 0 Å². The minimum absolute atomic E-state index is 0.368. The normalized spacial score (nSPS) is 17.6. The molecule has 0 bridgehead atoms. The van der Waals surface area contributed by atoms with Gasteiger partial charge in [-0.25, -0.2) is 4.39 Å². The van der Waals surface area contributed by atoms with Crippen LogP contribution in [0.2, 0.25) is 0 Å². The molecule has 0 aliphatic carbocycles. The Morgan fingerprint density at radius 2 is 2.05 bits per heavy atom. The summed E-state index contributed by atoms with van der Waals surface area (Å²) >= 11 is 0. The Labute approximate surface area is 126 Å². The van der Waals surface area contributed by atoms with E-state index in [2.05, 4.69) is 4.98 Å². The SMILES string of the molecule is O=CN1CCN(C(C(=O)O)c2c[nH]c3cc(F)ccc23)CC1. The van der Waals surface area contributed by atoms with Crippen LogP contribution in [0.4, 0.5) is 4.39 Å². The molecular weight excluding hydrogens is 289 g/mol. The van der Waals surface area contributed by atoms with E-state index in [9.17, 15) is 19.1 Å². The van der Waals surface area contributed by atoms with Crippen molar-refractivity contribution in [3.8, 4) is 0 Å². The number of piperazine rings is 1. The highest BCUT2D eigenvalue weighted by atomic mass is 19.1. The number of carboxylic acids is 1. The van der Waals surface area contributed by atoms with Crippen LogP contribution < -0.4 is 0 Å². The fourth-order valence-corrected chi connectivity index (χ4v) is 2.93. The number of H-pyrrole nitrogens is 1. The van der Waals surface area contributed by atoms with Crippen molar-refractivity contribution in [3.05, 3.63) is 35.8 Å². The lowest BCUT2D eigenvalue weighted by atomic mass is 10.0. The lowest BCUT2D eigenvalue weighted by Crippen LogP contribution is -2.48. The molecule has 1 aliphatic rings. The number of nitrogens with zero attached hydrogens (tertiary/aromatic N) is 2. The molecule has 22 heavy (non-hydrogen) atoms. The second kappa shape index (κ2) is 5.76. The van der Waals surface area contributed by atoms with E-state index in [1.165, 1.54) is 12.1 Å². The van der Waals surface area contributed by atoms with Crippen molar-refractivity contribution >= 4 is 23.3 Å². The number of aromatic amines is 1. The molecule has 3 rings (SSSR count). The lowest BCUT2D eigenvalue weighted by Gasteiger charge is -2.36. The van der Waals surface area contributed by atoms with Crippen LogP contribution in [-0.2, 0) is 9.59 Å². The zero-order chi connectivity index (χ0) is 15.7. The first-order chi connectivity index (χ1) is 10.6. The van der Waals surface area contributed by atoms with Crippen LogP contribution in [0.15, 0.2) is 24.4 Å². The van der Waals surface area contributed by atoms with Crippen LogP contribution in [0, 0.1) is 5.82 Å². The summed E-state index contributed by atoms with van der Waals surface area (Å²) in [6, 6.07) is 3.45. The molecular formula is C15H16FN3O3. The van der Waals surface area contributed by atoms with Crippen molar-refractivity contribution in [2.75, 3.05) is 26.2 Å². The molecule has 1 saturated heterocycles. The van der Waals surface area contributed by atoms with E-state index in [1.54, 1.807) is 17.2 Å². The molecule has 2 aromatic rings. The first kappa shape index (κ1) is 14.5. The van der Waals surface area contributed by atoms with Crippen molar-refractivity contribution < 1.29 is 19.1 Å². The molecule has 6 nitrogen and oxygen atoms in total. The van der Waals surface area contributed by atoms with Gasteiger partial charge in [-0.3, -0.25) is 14.5 Å². The minimum Gasteiger partial charge on any atom is -0.480 e. The van der Waals surface area contributed by atoms with Crippen molar-refractivity contribution in [2.24, 2.45) is 0 Å². The van der Waals surface area contributed by atoms with Gasteiger partial charge in [0.05, 0.1) is 0 Å². The van der Waals surface area contributed by atoms with Crippen LogP contribution >= 0.6 is 0 Å². The maximum absolute atomic E-state index is 13.3. The summed E-state index contributed by atoms with van der Waals surface area (Å²) in [7, 11) is 0. The quantitative estimate of drug-likeness (QED) is 0.832. The monoisotopic (exact) mass is 305 g/mol. The second-order valence-electron chi connectivity index (χ2n) is 5.35. The zero-order valence-electron chi connectivity index (χ0n) is 11.8. The molecule has 0 radical (unpaired) electrons. The Kier molecular flexibility index (Phi) is 3.81. The maximum atomic E-state index is 13.3. The molecule has 1 amide bonds. The average molecular weight is 305 g/mol. The standard InChI is InChI=1S/C15H16FN3O3/c16-10-1-2-11-12(8-17-13(11)7-10)14(15(21)22)19-5-3-18(9-20)4-6-19/h1-2,7-9,14,17H,3-6H2,(H,21,22). The second-order valence-corrected chi connectivity index (χ2v) is 5.35. The topological polar surface area (TPSA) is 76.6 Å². The van der Waals surface area contributed by atoms with Gasteiger partial charge in [0, 0.05) is 48.8 Å². The van der Waals surface area contributed by atoms with E-state index in [1.807, 2.05) is 4.90 Å². The first-order valence-corrected chi connectivity index (χ1v) is 7.03. The van der Waals surface area contributed by atoms with Crippen molar-refractivity contribution in [1.82, 2.24) is 14.8 Å². The summed E-state index contributed by atoms with van der Waals surface area (Å²) in [6.07, 6.45) is 2.40. The van der Waals surface area contributed by atoms with Crippen LogP contribution in [0.3, 0.4) is 0 Å². The fourth-order valence-electron chi connectivity index (χ4n) is 2.93. The van der Waals surface area contributed by atoms with Crippen molar-refractivity contribution in [1.29, 1.82) is 0 Å². The molecule has 116 valence electrons. The molecule has 1 aliphatic heterocycles. The Morgan fingerprint density at radius 3 is 2.68 bits per heavy atom. The highest BCUT2D eigenvalue weighted by molar-refractivity contribution is 5.89. The molecule has 0 saturated carbocycles. The number of nitrogens with one attached hydrogen (secondary N) is 1. The number of hydrogen-bond acceptors (Lipinski definition) is 3. The van der Waals surface area contributed by atoms with Gasteiger partial charge in [0.1, 0.15) is 11.9 Å². The van der Waals surface area contributed by atoms with Crippen LogP contribution in [0.25, 0.3) is 10.9 Å². The molecule has 1 fully saturated rings. The summed E-state index contributed by atoms with van der Waals surface area (Å²) in [5, 5.41) is 10.3. The number of amides is 1. The molecule has 1 unspecified atom stereocenters. The van der Waals surface area contributed by atoms with E-state index in [4.69, 9.17) is 0 Å². The number of rotatable bonds is 4. The van der Waals surface area contributed by atoms with Crippen molar-refractivity contribution in [2.45, 2.75) is 6.04 Å². The maximum Gasteiger partial charge on any atom is 0.325 e. The molecule has 1 atom stereocenters. The third kappa shape index (κ3) is 2.55. The van der Waals surface area contributed by atoms with Gasteiger partial charge in [0.25, 0.3) is 0 Å². The van der Waals surface area contributed by atoms with Gasteiger partial charge < -0.3 is 15.0 Å². The minimum atomic E-state index is -0.954. The summed E-state index contributed by atoms with van der Waals surface area (Å²) < 4.78 is 13.3. The van der Waals surface area contributed by atoms with E-state index in [-0.39, 0.29) is 5.82 Å². The Morgan fingerprint density at radius 1 is 1.32 bits per heavy atom. The highest BCUT2D eigenvalue weighted by Gasteiger charge is 2.31. The average Bonchev–Trinajstić information content (AvgIpc) is 2.90. The first-order valence-electron chi connectivity index (χ1n) is 7.03. The number of aliphatic carboxylic acids is 1. The molecule has 1 aromatic carbocycles. The molecule has 0 spiro atoms. The largest absolute Gasteiger partial charge is 0.480 e. The molecule has 7 heteroatoms. The number of carbonyl (C=O) groups is 2. The van der Waals surface area contributed by atoms with Gasteiger partial charge in [-0.05, 0) is 18.2 Å². The lowest BCUT2D eigenvalue weighted by molar-refractivity contribution is -0.144. The predicted octanol–water partition coefficient (Wildman–Crippen LogP) is 1.21. The van der Waals surface area contributed by atoms with E-state index in [0.29, 0.717) is 42.6 Å². The molecule has 1 aromatic heterocycles. The number of benzene rings is 1. The van der Waals surface area contributed by atoms with Gasteiger partial charge in [0.15, 0.2) is 0 Å². The summed E-state index contributed by atoms with van der Waals surface area (Å²) in [5.41, 5.74) is 1.19. The number of carbonyl (C=O) groups excluding carboxylic acids is 1. The Balaban J connectivity index is 1.93. The zero-order valence-corrected chi connectivity index (χ0v) is 11.8. The number of halogens is 1. The number of hydrogen-bond donors (Lipinski definition) is 2. The fraction of sp³-hybridized carbons (Fsp3) is 0.333. The predicted molar refractivity (Wildman–Crippen MR) is 77.8 cm³/mol. The van der Waals surface area contributed by atoms with Crippen LogP contribution in [0.1, 0.15) is 11.6 Å². The van der Waals surface area contributed by atoms with Gasteiger partial charge >= 0.3 is 5.97 Å². The summed E-state index contributed by atoms with van der Waals surface area (Å²) in [4.78, 5) is 28.9. The van der Waals surface area contributed by atoms with Crippen LogP contribution in [-0.4, -0.2) is 58.4 Å². The Bertz CT molecular complexity index is 707.